The normalized spacial score (nSPS) is 12.9. The highest BCUT2D eigenvalue weighted by molar-refractivity contribution is 9.10. The van der Waals surface area contributed by atoms with Crippen LogP contribution in [0.3, 0.4) is 0 Å². The van der Waals surface area contributed by atoms with Crippen molar-refractivity contribution in [2.45, 2.75) is 12.5 Å². The fraction of sp³-hybridized carbons (Fsp3) is 0.300. The molecule has 0 aliphatic rings. The van der Waals surface area contributed by atoms with E-state index in [1.54, 1.807) is 12.1 Å². The predicted molar refractivity (Wildman–Crippen MR) is 56.0 cm³/mol. The lowest BCUT2D eigenvalue weighted by Gasteiger charge is -2.11. The van der Waals surface area contributed by atoms with E-state index in [1.165, 1.54) is 6.07 Å². The summed E-state index contributed by atoms with van der Waals surface area (Å²) in [6.45, 7) is 0.756. The Morgan fingerprint density at radius 3 is 2.60 bits per heavy atom. The Morgan fingerprint density at radius 2 is 2.13 bits per heavy atom. The lowest BCUT2D eigenvalue weighted by Crippen LogP contribution is -2.04. The van der Waals surface area contributed by atoms with E-state index in [0.717, 1.165) is 5.56 Å². The number of hydrogen-bond donors (Lipinski definition) is 1. The standard InChI is InChI=1S/C10H10BrF2O2/c1-6(5-14)7-2-3-9(8(11)4-7)15-10(12)13/h2-4,6,10,14H,1,5H2. The van der Waals surface area contributed by atoms with Crippen molar-refractivity contribution in [1.82, 2.24) is 0 Å². The Morgan fingerprint density at radius 1 is 1.47 bits per heavy atom. The largest absolute Gasteiger partial charge is 0.434 e. The monoisotopic (exact) mass is 279 g/mol. The fourth-order valence-corrected chi connectivity index (χ4v) is 1.56. The second-order valence-electron chi connectivity index (χ2n) is 2.95. The molecule has 1 radical (unpaired) electrons. The quantitative estimate of drug-likeness (QED) is 0.918. The summed E-state index contributed by atoms with van der Waals surface area (Å²) >= 11 is 3.11. The summed E-state index contributed by atoms with van der Waals surface area (Å²) in [6.07, 6.45) is 0. The maximum atomic E-state index is 11.9. The third-order valence-corrected chi connectivity index (χ3v) is 2.48. The minimum Gasteiger partial charge on any atom is -0.434 e. The van der Waals surface area contributed by atoms with Crippen molar-refractivity contribution in [1.29, 1.82) is 0 Å². The molecule has 0 fully saturated rings. The van der Waals surface area contributed by atoms with Crippen molar-refractivity contribution in [3.8, 4) is 5.75 Å². The van der Waals surface area contributed by atoms with Crippen molar-refractivity contribution in [3.63, 3.8) is 0 Å². The number of benzene rings is 1. The Hall–Kier alpha value is -0.680. The van der Waals surface area contributed by atoms with Crippen molar-refractivity contribution in [3.05, 3.63) is 35.2 Å². The van der Waals surface area contributed by atoms with Crippen molar-refractivity contribution in [2.24, 2.45) is 0 Å². The van der Waals surface area contributed by atoms with Crippen LogP contribution in [-0.4, -0.2) is 18.3 Å². The number of aliphatic hydroxyl groups is 1. The zero-order valence-electron chi connectivity index (χ0n) is 7.79. The summed E-state index contributed by atoms with van der Waals surface area (Å²) in [4.78, 5) is 0. The van der Waals surface area contributed by atoms with E-state index < -0.39 is 6.61 Å². The van der Waals surface area contributed by atoms with Gasteiger partial charge >= 0.3 is 6.61 Å². The van der Waals surface area contributed by atoms with E-state index in [0.29, 0.717) is 4.47 Å². The van der Waals surface area contributed by atoms with Crippen molar-refractivity contribution in [2.75, 3.05) is 6.61 Å². The number of aliphatic hydroxyl groups excluding tert-OH is 1. The smallest absolute Gasteiger partial charge is 0.387 e. The molecule has 2 nitrogen and oxygen atoms in total. The van der Waals surface area contributed by atoms with Gasteiger partial charge in [0, 0.05) is 12.5 Å². The van der Waals surface area contributed by atoms with E-state index in [9.17, 15) is 8.78 Å². The Balaban J connectivity index is 2.88. The second kappa shape index (κ2) is 5.42. The lowest BCUT2D eigenvalue weighted by molar-refractivity contribution is -0.0503. The SMILES string of the molecule is [CH2]C(CO)c1ccc(OC(F)F)c(Br)c1. The highest BCUT2D eigenvalue weighted by Gasteiger charge is 2.11. The average Bonchev–Trinajstić information content (AvgIpc) is 2.19. The molecule has 83 valence electrons. The highest BCUT2D eigenvalue weighted by Crippen LogP contribution is 2.29. The highest BCUT2D eigenvalue weighted by atomic mass is 79.9. The lowest BCUT2D eigenvalue weighted by atomic mass is 10.0. The zero-order valence-corrected chi connectivity index (χ0v) is 9.38. The third-order valence-electron chi connectivity index (χ3n) is 1.86. The zero-order chi connectivity index (χ0) is 11.4. The molecule has 0 aliphatic carbocycles. The van der Waals surface area contributed by atoms with Crippen LogP contribution in [-0.2, 0) is 0 Å². The molecule has 0 bridgehead atoms. The number of ether oxygens (including phenoxy) is 1. The summed E-state index contributed by atoms with van der Waals surface area (Å²) in [5.74, 6) is -0.208. The third kappa shape index (κ3) is 3.43. The first-order valence-corrected chi connectivity index (χ1v) is 5.02. The van der Waals surface area contributed by atoms with Gasteiger partial charge < -0.3 is 9.84 Å². The molecule has 1 aromatic rings. The molecule has 0 aromatic heterocycles. The van der Waals surface area contributed by atoms with Crippen LogP contribution in [0.25, 0.3) is 0 Å². The van der Waals surface area contributed by atoms with Gasteiger partial charge in [-0.1, -0.05) is 6.07 Å². The summed E-state index contributed by atoms with van der Waals surface area (Å²) in [5, 5.41) is 8.86. The van der Waals surface area contributed by atoms with Crippen LogP contribution in [0.5, 0.6) is 5.75 Å². The van der Waals surface area contributed by atoms with E-state index >= 15 is 0 Å². The molecule has 0 aliphatic heterocycles. The summed E-state index contributed by atoms with van der Waals surface area (Å²) in [7, 11) is 0. The molecule has 0 heterocycles. The van der Waals surface area contributed by atoms with Crippen LogP contribution >= 0.6 is 15.9 Å². The van der Waals surface area contributed by atoms with E-state index in [2.05, 4.69) is 27.6 Å². The molecule has 1 N–H and O–H groups in total. The first-order valence-electron chi connectivity index (χ1n) is 4.22. The molecule has 0 spiro atoms. The fourth-order valence-electron chi connectivity index (χ4n) is 1.07. The van der Waals surface area contributed by atoms with Crippen molar-refractivity contribution >= 4 is 15.9 Å². The Labute approximate surface area is 95.0 Å². The number of halogens is 3. The van der Waals surface area contributed by atoms with Gasteiger partial charge in [-0.3, -0.25) is 0 Å². The molecule has 1 atom stereocenters. The van der Waals surface area contributed by atoms with Gasteiger partial charge in [-0.15, -0.1) is 0 Å². The van der Waals surface area contributed by atoms with E-state index in [1.807, 2.05) is 0 Å². The van der Waals surface area contributed by atoms with Gasteiger partial charge in [-0.25, -0.2) is 0 Å². The van der Waals surface area contributed by atoms with Crippen LogP contribution in [0.1, 0.15) is 11.5 Å². The van der Waals surface area contributed by atoms with Gasteiger partial charge in [-0.05, 0) is 40.5 Å². The molecule has 15 heavy (non-hydrogen) atoms. The van der Waals surface area contributed by atoms with Gasteiger partial charge in [0.1, 0.15) is 5.75 Å². The molecule has 1 unspecified atom stereocenters. The van der Waals surface area contributed by atoms with Crippen LogP contribution in [0, 0.1) is 6.92 Å². The van der Waals surface area contributed by atoms with Crippen LogP contribution in [0.2, 0.25) is 0 Å². The van der Waals surface area contributed by atoms with Crippen molar-refractivity contribution < 1.29 is 18.6 Å². The minimum absolute atomic E-state index is 0.0684. The molecule has 0 amide bonds. The molecule has 5 heteroatoms. The number of hydrogen-bond acceptors (Lipinski definition) is 2. The molecular formula is C10H10BrF2O2. The van der Waals surface area contributed by atoms with Gasteiger partial charge in [-0.2, -0.15) is 8.78 Å². The topological polar surface area (TPSA) is 29.5 Å². The minimum atomic E-state index is -2.85. The summed E-state index contributed by atoms with van der Waals surface area (Å²) in [5.41, 5.74) is 0.756. The number of alkyl halides is 2. The molecular weight excluding hydrogens is 270 g/mol. The maximum absolute atomic E-state index is 11.9. The molecule has 0 saturated heterocycles. The summed E-state index contributed by atoms with van der Waals surface area (Å²) < 4.78 is 28.5. The second-order valence-corrected chi connectivity index (χ2v) is 3.80. The van der Waals surface area contributed by atoms with Gasteiger partial charge in [0.05, 0.1) is 4.47 Å². The van der Waals surface area contributed by atoms with Crippen LogP contribution in [0.15, 0.2) is 22.7 Å². The van der Waals surface area contributed by atoms with E-state index in [4.69, 9.17) is 5.11 Å². The van der Waals surface area contributed by atoms with Gasteiger partial charge in [0.2, 0.25) is 0 Å². The maximum Gasteiger partial charge on any atom is 0.387 e. The molecule has 0 saturated carbocycles. The Bertz CT molecular complexity index is 331. The average molecular weight is 280 g/mol. The Kier molecular flexibility index (Phi) is 4.47. The van der Waals surface area contributed by atoms with E-state index in [-0.39, 0.29) is 18.3 Å². The first-order chi connectivity index (χ1) is 7.04. The first kappa shape index (κ1) is 12.4. The van der Waals surface area contributed by atoms with Crippen LogP contribution in [0.4, 0.5) is 8.78 Å². The van der Waals surface area contributed by atoms with Gasteiger partial charge in [0.15, 0.2) is 0 Å². The summed E-state index contributed by atoms with van der Waals surface area (Å²) in [6, 6.07) is 4.61. The predicted octanol–water partition coefficient (Wildman–Crippen LogP) is 2.96. The van der Waals surface area contributed by atoms with Gasteiger partial charge in [0.25, 0.3) is 0 Å². The molecule has 1 aromatic carbocycles. The van der Waals surface area contributed by atoms with Crippen LogP contribution < -0.4 is 4.74 Å². The molecule has 1 rings (SSSR count). The number of rotatable bonds is 4.